The average Bonchev–Trinajstić information content (AvgIpc) is 2.90. The molecule has 0 aromatic carbocycles. The molecule has 1 aliphatic heterocycles. The maximum absolute atomic E-state index is 12.8. The molecule has 0 saturated carbocycles. The van der Waals surface area contributed by atoms with E-state index in [1.54, 1.807) is 17.5 Å². The Bertz CT molecular complexity index is 728. The number of aryl methyl sites for hydroxylation is 2. The predicted octanol–water partition coefficient (Wildman–Crippen LogP) is 4.05. The molecule has 0 radical (unpaired) electrons. The van der Waals surface area contributed by atoms with E-state index >= 15 is 0 Å². The van der Waals surface area contributed by atoms with Crippen LogP contribution in [0.3, 0.4) is 0 Å². The van der Waals surface area contributed by atoms with Crippen LogP contribution >= 0.6 is 11.3 Å². The Labute approximate surface area is 152 Å². The third-order valence-electron chi connectivity index (χ3n) is 5.00. The van der Waals surface area contributed by atoms with Crippen LogP contribution in [0.15, 0.2) is 18.3 Å². The second kappa shape index (κ2) is 7.52. The van der Waals surface area contributed by atoms with Gasteiger partial charge in [-0.05, 0) is 57.1 Å². The van der Waals surface area contributed by atoms with Crippen LogP contribution in [0.4, 0.5) is 10.9 Å². The summed E-state index contributed by atoms with van der Waals surface area (Å²) < 4.78 is 0. The average molecular weight is 356 g/mol. The van der Waals surface area contributed by atoms with Gasteiger partial charge < -0.3 is 4.90 Å². The van der Waals surface area contributed by atoms with Crippen LogP contribution in [0.25, 0.3) is 0 Å². The van der Waals surface area contributed by atoms with Crippen molar-refractivity contribution in [1.29, 1.82) is 0 Å². The molecule has 25 heavy (non-hydrogen) atoms. The molecule has 0 bridgehead atoms. The molecule has 2 aromatic heterocycles. The van der Waals surface area contributed by atoms with Gasteiger partial charge in [-0.2, -0.15) is 0 Å². The third-order valence-corrected chi connectivity index (χ3v) is 6.08. The molecule has 0 spiro atoms. The van der Waals surface area contributed by atoms with Crippen molar-refractivity contribution in [3.05, 3.63) is 34.5 Å². The number of anilines is 2. The number of pyridine rings is 1. The first-order valence-corrected chi connectivity index (χ1v) is 10.1. The van der Waals surface area contributed by atoms with Gasteiger partial charge in [-0.25, -0.2) is 9.97 Å². The van der Waals surface area contributed by atoms with Crippen LogP contribution in [-0.2, 0) is 12.8 Å². The molecular weight excluding hydrogens is 332 g/mol. The fourth-order valence-electron chi connectivity index (χ4n) is 3.68. The topological polar surface area (TPSA) is 58.1 Å². The van der Waals surface area contributed by atoms with Crippen molar-refractivity contribution < 1.29 is 4.79 Å². The zero-order valence-electron chi connectivity index (χ0n) is 14.5. The van der Waals surface area contributed by atoms with E-state index in [1.165, 1.54) is 36.3 Å². The van der Waals surface area contributed by atoms with Crippen molar-refractivity contribution in [2.75, 3.05) is 23.3 Å². The number of carbonyl (C=O) groups is 1. The molecule has 0 unspecified atom stereocenters. The number of fused-ring (bicyclic) bond motifs is 1. The Morgan fingerprint density at radius 1 is 1.08 bits per heavy atom. The van der Waals surface area contributed by atoms with Crippen molar-refractivity contribution in [2.45, 2.75) is 51.4 Å². The van der Waals surface area contributed by atoms with Crippen LogP contribution in [0.5, 0.6) is 0 Å². The van der Waals surface area contributed by atoms with Crippen LogP contribution < -0.4 is 10.2 Å². The second-order valence-electron chi connectivity index (χ2n) is 6.83. The largest absolute Gasteiger partial charge is 0.356 e. The van der Waals surface area contributed by atoms with E-state index in [9.17, 15) is 4.79 Å². The second-order valence-corrected chi connectivity index (χ2v) is 7.91. The van der Waals surface area contributed by atoms with Crippen molar-refractivity contribution in [2.24, 2.45) is 0 Å². The molecule has 2 aromatic rings. The van der Waals surface area contributed by atoms with Crippen molar-refractivity contribution in [1.82, 2.24) is 9.97 Å². The minimum atomic E-state index is -0.0995. The predicted molar refractivity (Wildman–Crippen MR) is 102 cm³/mol. The Morgan fingerprint density at radius 2 is 1.88 bits per heavy atom. The van der Waals surface area contributed by atoms with E-state index in [0.29, 0.717) is 5.56 Å². The van der Waals surface area contributed by atoms with Crippen LogP contribution in [0.1, 0.15) is 59.5 Å². The number of amides is 1. The fraction of sp³-hybridized carbons (Fsp3) is 0.526. The first-order chi connectivity index (χ1) is 12.3. The van der Waals surface area contributed by atoms with Gasteiger partial charge in [0.2, 0.25) is 0 Å². The number of hydrogen-bond donors (Lipinski definition) is 1. The van der Waals surface area contributed by atoms with Gasteiger partial charge in [-0.1, -0.05) is 6.42 Å². The molecule has 4 rings (SSSR count). The highest BCUT2D eigenvalue weighted by Gasteiger charge is 2.21. The SMILES string of the molecule is O=C(Nc1nc2c(s1)CCCCC2)c1cccnc1N1CCCCC1. The summed E-state index contributed by atoms with van der Waals surface area (Å²) in [6.45, 7) is 1.95. The van der Waals surface area contributed by atoms with Gasteiger partial charge in [0.15, 0.2) is 5.13 Å². The van der Waals surface area contributed by atoms with Crippen LogP contribution in [-0.4, -0.2) is 29.0 Å². The summed E-state index contributed by atoms with van der Waals surface area (Å²) in [7, 11) is 0. The normalized spacial score (nSPS) is 17.7. The molecule has 6 heteroatoms. The van der Waals surface area contributed by atoms with Gasteiger partial charge in [0.1, 0.15) is 5.82 Å². The van der Waals surface area contributed by atoms with Gasteiger partial charge in [0.25, 0.3) is 5.91 Å². The molecule has 1 saturated heterocycles. The van der Waals surface area contributed by atoms with Gasteiger partial charge in [0.05, 0.1) is 11.3 Å². The van der Waals surface area contributed by atoms with E-state index < -0.39 is 0 Å². The summed E-state index contributed by atoms with van der Waals surface area (Å²) in [5.74, 6) is 0.704. The zero-order chi connectivity index (χ0) is 17.1. The monoisotopic (exact) mass is 356 g/mol. The fourth-order valence-corrected chi connectivity index (χ4v) is 4.72. The van der Waals surface area contributed by atoms with Crippen molar-refractivity contribution >= 4 is 28.2 Å². The number of hydrogen-bond acceptors (Lipinski definition) is 5. The van der Waals surface area contributed by atoms with E-state index in [-0.39, 0.29) is 5.91 Å². The number of thiazole rings is 1. The first kappa shape index (κ1) is 16.5. The lowest BCUT2D eigenvalue weighted by atomic mass is 10.1. The lowest BCUT2D eigenvalue weighted by Gasteiger charge is -2.28. The Hall–Kier alpha value is -1.95. The molecule has 1 aliphatic carbocycles. The summed E-state index contributed by atoms with van der Waals surface area (Å²) in [5, 5.41) is 3.74. The molecule has 3 heterocycles. The number of carbonyl (C=O) groups excluding carboxylic acids is 1. The van der Waals surface area contributed by atoms with E-state index in [0.717, 1.165) is 49.7 Å². The highest BCUT2D eigenvalue weighted by Crippen LogP contribution is 2.30. The molecule has 0 atom stereocenters. The minimum absolute atomic E-state index is 0.0995. The Kier molecular flexibility index (Phi) is 4.97. The maximum Gasteiger partial charge on any atom is 0.261 e. The molecule has 5 nitrogen and oxygen atoms in total. The van der Waals surface area contributed by atoms with Crippen molar-refractivity contribution in [3.63, 3.8) is 0 Å². The highest BCUT2D eigenvalue weighted by molar-refractivity contribution is 7.15. The number of nitrogens with one attached hydrogen (secondary N) is 1. The van der Waals surface area contributed by atoms with Crippen LogP contribution in [0, 0.1) is 0 Å². The van der Waals surface area contributed by atoms with Crippen LogP contribution in [0.2, 0.25) is 0 Å². The molecule has 1 amide bonds. The lowest BCUT2D eigenvalue weighted by molar-refractivity contribution is 0.102. The van der Waals surface area contributed by atoms with Gasteiger partial charge in [-0.15, -0.1) is 11.3 Å². The Morgan fingerprint density at radius 3 is 2.76 bits per heavy atom. The number of nitrogens with zero attached hydrogens (tertiary/aromatic N) is 3. The smallest absolute Gasteiger partial charge is 0.261 e. The van der Waals surface area contributed by atoms with Crippen molar-refractivity contribution in [3.8, 4) is 0 Å². The summed E-state index contributed by atoms with van der Waals surface area (Å²) in [6.07, 6.45) is 11.2. The quantitative estimate of drug-likeness (QED) is 0.843. The summed E-state index contributed by atoms with van der Waals surface area (Å²) in [6, 6.07) is 3.70. The maximum atomic E-state index is 12.8. The number of rotatable bonds is 3. The summed E-state index contributed by atoms with van der Waals surface area (Å²) in [4.78, 5) is 25.6. The number of aromatic nitrogens is 2. The van der Waals surface area contributed by atoms with Gasteiger partial charge in [-0.3, -0.25) is 10.1 Å². The third kappa shape index (κ3) is 3.68. The zero-order valence-corrected chi connectivity index (χ0v) is 15.3. The summed E-state index contributed by atoms with van der Waals surface area (Å²) >= 11 is 1.64. The molecule has 132 valence electrons. The van der Waals surface area contributed by atoms with Gasteiger partial charge in [0, 0.05) is 24.2 Å². The lowest BCUT2D eigenvalue weighted by Crippen LogP contribution is -2.32. The Balaban J connectivity index is 1.53. The molecule has 1 fully saturated rings. The van der Waals surface area contributed by atoms with Gasteiger partial charge >= 0.3 is 0 Å². The molecule has 2 aliphatic rings. The first-order valence-electron chi connectivity index (χ1n) is 9.31. The van der Waals surface area contributed by atoms with E-state index in [1.807, 2.05) is 12.1 Å². The minimum Gasteiger partial charge on any atom is -0.356 e. The molecule has 1 N–H and O–H groups in total. The highest BCUT2D eigenvalue weighted by atomic mass is 32.1. The van der Waals surface area contributed by atoms with E-state index in [4.69, 9.17) is 0 Å². The number of piperidine rings is 1. The standard InChI is InChI=1S/C19H24N4OS/c24-18(22-19-21-15-9-3-1-4-10-16(15)25-19)14-8-7-11-20-17(14)23-12-5-2-6-13-23/h7-8,11H,1-6,9-10,12-13H2,(H,21,22,24). The van der Waals surface area contributed by atoms with E-state index in [2.05, 4.69) is 20.2 Å². The molecular formula is C19H24N4OS. The summed E-state index contributed by atoms with van der Waals surface area (Å²) in [5.41, 5.74) is 1.83.